The minimum absolute atomic E-state index is 0.0522. The number of nitrogens with one attached hydrogen (secondary N) is 1. The number of benzene rings is 1. The average molecular weight is 557 g/mol. The van der Waals surface area contributed by atoms with Crippen LogP contribution in [0, 0.1) is 22.7 Å². The summed E-state index contributed by atoms with van der Waals surface area (Å²) in [6.45, 7) is 4.04. The van der Waals surface area contributed by atoms with Crippen LogP contribution in [0.3, 0.4) is 0 Å². The topological polar surface area (TPSA) is 119 Å². The fourth-order valence-electron chi connectivity index (χ4n) is 7.49. The molecule has 1 heterocycles. The molecule has 1 aromatic rings. The molecular weight excluding hydrogens is 517 g/mol. The van der Waals surface area contributed by atoms with E-state index in [0.717, 1.165) is 25.0 Å². The Bertz CT molecular complexity index is 1050. The van der Waals surface area contributed by atoms with E-state index < -0.39 is 40.9 Å². The summed E-state index contributed by atoms with van der Waals surface area (Å²) in [5, 5.41) is 33.6. The van der Waals surface area contributed by atoms with Crippen molar-refractivity contribution in [3.63, 3.8) is 0 Å². The standard InChI is InChI=1S/C28H39F3N2O6/c1-26-11-10-23(39-25(38)32-18-6-3-5-17(13-18)28(29,30)31)27(2,16-35)22(26)9-8-21(36)20(26)14-24(37)33-12-4-7-19(33)15-34/h3,5-6,13,19-23,34-36H,4,7-12,14-16H2,1-2H3,(H,32,38)/t19-,20+,21+,22+,23+,26-,27-/m0/s1. The Labute approximate surface area is 226 Å². The number of aliphatic hydroxyl groups is 3. The van der Waals surface area contributed by atoms with Crippen molar-refractivity contribution in [2.45, 2.75) is 83.2 Å². The van der Waals surface area contributed by atoms with Crippen LogP contribution in [0.2, 0.25) is 0 Å². The number of carbonyl (C=O) groups is 2. The number of anilines is 1. The number of fused-ring (bicyclic) bond motifs is 1. The van der Waals surface area contributed by atoms with Gasteiger partial charge in [-0.05, 0) is 74.0 Å². The van der Waals surface area contributed by atoms with Gasteiger partial charge in [0, 0.05) is 24.1 Å². The maximum absolute atomic E-state index is 13.3. The lowest BCUT2D eigenvalue weighted by Gasteiger charge is -2.60. The third-order valence-corrected chi connectivity index (χ3v) is 9.66. The minimum Gasteiger partial charge on any atom is -0.445 e. The smallest absolute Gasteiger partial charge is 0.416 e. The monoisotopic (exact) mass is 556 g/mol. The van der Waals surface area contributed by atoms with Crippen LogP contribution in [0.15, 0.2) is 24.3 Å². The largest absolute Gasteiger partial charge is 0.445 e. The summed E-state index contributed by atoms with van der Waals surface area (Å²) in [7, 11) is 0. The summed E-state index contributed by atoms with van der Waals surface area (Å²) in [4.78, 5) is 27.7. The molecule has 218 valence electrons. The van der Waals surface area contributed by atoms with Gasteiger partial charge >= 0.3 is 12.3 Å². The molecule has 8 nitrogen and oxygen atoms in total. The van der Waals surface area contributed by atoms with Crippen LogP contribution >= 0.6 is 0 Å². The second-order valence-corrected chi connectivity index (χ2v) is 11.9. The highest BCUT2D eigenvalue weighted by Crippen LogP contribution is 2.61. The Morgan fingerprint density at radius 1 is 1.15 bits per heavy atom. The van der Waals surface area contributed by atoms with Crippen molar-refractivity contribution < 1.29 is 42.8 Å². The molecule has 0 radical (unpaired) electrons. The van der Waals surface area contributed by atoms with E-state index >= 15 is 0 Å². The molecule has 1 saturated heterocycles. The van der Waals surface area contributed by atoms with E-state index in [1.165, 1.54) is 12.1 Å². The molecule has 2 aliphatic carbocycles. The van der Waals surface area contributed by atoms with Crippen LogP contribution in [-0.4, -0.2) is 70.2 Å². The molecule has 4 rings (SSSR count). The molecule has 3 aliphatic rings. The molecule has 11 heteroatoms. The lowest BCUT2D eigenvalue weighted by Crippen LogP contribution is -2.61. The Morgan fingerprint density at radius 3 is 2.56 bits per heavy atom. The molecule has 0 aromatic heterocycles. The summed E-state index contributed by atoms with van der Waals surface area (Å²) in [6, 6.07) is 4.07. The Hall–Kier alpha value is -2.37. The number of carbonyl (C=O) groups excluding carboxylic acids is 2. The highest BCUT2D eigenvalue weighted by atomic mass is 19.4. The Morgan fingerprint density at radius 2 is 1.90 bits per heavy atom. The predicted octanol–water partition coefficient (Wildman–Crippen LogP) is 4.18. The molecule has 7 atom stereocenters. The normalized spacial score (nSPS) is 34.9. The van der Waals surface area contributed by atoms with E-state index in [1.807, 2.05) is 13.8 Å². The van der Waals surface area contributed by atoms with Crippen molar-refractivity contribution in [1.29, 1.82) is 0 Å². The Kier molecular flexibility index (Phi) is 8.54. The van der Waals surface area contributed by atoms with Crippen LogP contribution in [-0.2, 0) is 15.7 Å². The first-order chi connectivity index (χ1) is 18.3. The van der Waals surface area contributed by atoms with Crippen LogP contribution in [0.4, 0.5) is 23.7 Å². The van der Waals surface area contributed by atoms with Crippen molar-refractivity contribution >= 4 is 17.7 Å². The molecule has 0 unspecified atom stereocenters. The number of halogens is 3. The van der Waals surface area contributed by atoms with Gasteiger partial charge in [-0.15, -0.1) is 0 Å². The molecule has 2 saturated carbocycles. The quantitative estimate of drug-likeness (QED) is 0.418. The maximum Gasteiger partial charge on any atom is 0.416 e. The lowest BCUT2D eigenvalue weighted by atomic mass is 9.46. The van der Waals surface area contributed by atoms with Crippen molar-refractivity contribution in [1.82, 2.24) is 4.90 Å². The van der Waals surface area contributed by atoms with Gasteiger partial charge in [-0.2, -0.15) is 13.2 Å². The second kappa shape index (κ2) is 11.2. The first-order valence-electron chi connectivity index (χ1n) is 13.7. The fourth-order valence-corrected chi connectivity index (χ4v) is 7.49. The first-order valence-corrected chi connectivity index (χ1v) is 13.7. The van der Waals surface area contributed by atoms with E-state index in [0.29, 0.717) is 32.2 Å². The number of likely N-dealkylation sites (tertiary alicyclic amines) is 1. The predicted molar refractivity (Wildman–Crippen MR) is 137 cm³/mol. The van der Waals surface area contributed by atoms with Crippen molar-refractivity contribution in [2.75, 3.05) is 25.1 Å². The zero-order valence-corrected chi connectivity index (χ0v) is 22.4. The van der Waals surface area contributed by atoms with Crippen LogP contribution in [0.25, 0.3) is 0 Å². The van der Waals surface area contributed by atoms with E-state index in [1.54, 1.807) is 4.90 Å². The third kappa shape index (κ3) is 5.76. The zero-order chi connectivity index (χ0) is 28.6. The first kappa shape index (κ1) is 29.6. The van der Waals surface area contributed by atoms with Crippen LogP contribution in [0.5, 0.6) is 0 Å². The molecule has 39 heavy (non-hydrogen) atoms. The van der Waals surface area contributed by atoms with E-state index in [-0.39, 0.29) is 49.1 Å². The Balaban J connectivity index is 1.49. The van der Waals surface area contributed by atoms with E-state index in [4.69, 9.17) is 4.74 Å². The number of alkyl halides is 3. The number of ether oxygens (including phenoxy) is 1. The highest BCUT2D eigenvalue weighted by molar-refractivity contribution is 5.84. The van der Waals surface area contributed by atoms with Crippen molar-refractivity contribution in [3.05, 3.63) is 29.8 Å². The third-order valence-electron chi connectivity index (χ3n) is 9.66. The number of amides is 2. The van der Waals surface area contributed by atoms with Gasteiger partial charge in [-0.25, -0.2) is 4.79 Å². The van der Waals surface area contributed by atoms with Gasteiger partial charge < -0.3 is 25.0 Å². The fraction of sp³-hybridized carbons (Fsp3) is 0.714. The number of hydrogen-bond acceptors (Lipinski definition) is 6. The molecule has 0 bridgehead atoms. The van der Waals surface area contributed by atoms with Crippen LogP contribution < -0.4 is 5.32 Å². The molecule has 3 fully saturated rings. The van der Waals surface area contributed by atoms with Gasteiger partial charge in [0.25, 0.3) is 0 Å². The maximum atomic E-state index is 13.3. The summed E-state index contributed by atoms with van der Waals surface area (Å²) >= 11 is 0. The van der Waals surface area contributed by atoms with Crippen molar-refractivity contribution in [2.24, 2.45) is 22.7 Å². The number of hydrogen-bond donors (Lipinski definition) is 4. The molecule has 1 aliphatic heterocycles. The zero-order valence-electron chi connectivity index (χ0n) is 22.4. The van der Waals surface area contributed by atoms with Gasteiger partial charge in [0.1, 0.15) is 6.10 Å². The number of aliphatic hydroxyl groups excluding tert-OH is 3. The van der Waals surface area contributed by atoms with Crippen LogP contribution in [0.1, 0.15) is 64.4 Å². The molecular formula is C28H39F3N2O6. The van der Waals surface area contributed by atoms with Gasteiger partial charge in [-0.3, -0.25) is 10.1 Å². The average Bonchev–Trinajstić information content (AvgIpc) is 3.37. The second-order valence-electron chi connectivity index (χ2n) is 11.9. The summed E-state index contributed by atoms with van der Waals surface area (Å²) in [5.41, 5.74) is -2.35. The summed E-state index contributed by atoms with van der Waals surface area (Å²) < 4.78 is 44.9. The summed E-state index contributed by atoms with van der Waals surface area (Å²) in [6.07, 6.45) is -3.27. The van der Waals surface area contributed by atoms with Gasteiger partial charge in [0.05, 0.1) is 30.9 Å². The lowest BCUT2D eigenvalue weighted by molar-refractivity contribution is -0.186. The van der Waals surface area contributed by atoms with Crippen molar-refractivity contribution in [3.8, 4) is 0 Å². The number of nitrogens with zero attached hydrogens (tertiary/aromatic N) is 1. The summed E-state index contributed by atoms with van der Waals surface area (Å²) in [5.74, 6) is -0.639. The SMILES string of the molecule is C[C@]1(CO)[C@@H]2CC[C@@H](O)[C@@H](CC(=O)N3CCC[C@H]3CO)[C@]2(C)CC[C@H]1OC(=O)Nc1cccc(C(F)(F)F)c1. The molecule has 0 spiro atoms. The van der Waals surface area contributed by atoms with E-state index in [9.17, 15) is 38.1 Å². The van der Waals surface area contributed by atoms with Gasteiger partial charge in [0.15, 0.2) is 0 Å². The molecule has 1 aromatic carbocycles. The minimum atomic E-state index is -4.55. The molecule has 4 N–H and O–H groups in total. The molecule has 2 amide bonds. The number of rotatable bonds is 6. The van der Waals surface area contributed by atoms with E-state index in [2.05, 4.69) is 5.32 Å². The van der Waals surface area contributed by atoms with Gasteiger partial charge in [-0.1, -0.05) is 19.9 Å². The van der Waals surface area contributed by atoms with Gasteiger partial charge in [0.2, 0.25) is 5.91 Å². The highest BCUT2D eigenvalue weighted by Gasteiger charge is 2.60.